The first kappa shape index (κ1) is 19.5. The Hall–Kier alpha value is -1.53. The molecule has 5 nitrogen and oxygen atoms in total. The van der Waals surface area contributed by atoms with Gasteiger partial charge in [-0.3, -0.25) is 14.5 Å². The molecule has 0 heterocycles. The molecule has 128 valence electrons. The number of nitrogens with zero attached hydrogens (tertiary/aromatic N) is 1. The van der Waals surface area contributed by atoms with Crippen LogP contribution in [0.15, 0.2) is 29.2 Å². The molecule has 0 saturated carbocycles. The summed E-state index contributed by atoms with van der Waals surface area (Å²) in [4.78, 5) is 25.9. The van der Waals surface area contributed by atoms with Crippen molar-refractivity contribution < 1.29 is 9.59 Å². The van der Waals surface area contributed by atoms with Gasteiger partial charge in [0.15, 0.2) is 0 Å². The Balaban J connectivity index is 2.45. The second-order valence-electron chi connectivity index (χ2n) is 5.60. The topological polar surface area (TPSA) is 75.4 Å². The molecule has 23 heavy (non-hydrogen) atoms. The normalized spacial score (nSPS) is 10.7. The molecule has 0 fully saturated rings. The first-order valence-electron chi connectivity index (χ1n) is 8.01. The maximum Gasteiger partial charge on any atom is 0.238 e. The molecule has 1 aromatic carbocycles. The Morgan fingerprint density at radius 3 is 2.65 bits per heavy atom. The van der Waals surface area contributed by atoms with Gasteiger partial charge in [-0.25, -0.2) is 0 Å². The molecule has 0 aliphatic carbocycles. The molecule has 1 rings (SSSR count). The number of amides is 2. The van der Waals surface area contributed by atoms with Gasteiger partial charge in [-0.2, -0.15) is 0 Å². The molecule has 0 atom stereocenters. The molecule has 0 saturated heterocycles. The number of hydrogen-bond acceptors (Lipinski definition) is 4. The number of likely N-dealkylation sites (N-methyl/N-ethyl adjacent to an activating group) is 1. The molecule has 6 heteroatoms. The van der Waals surface area contributed by atoms with Crippen LogP contribution in [0.25, 0.3) is 0 Å². The van der Waals surface area contributed by atoms with Gasteiger partial charge in [-0.15, -0.1) is 11.8 Å². The second-order valence-corrected chi connectivity index (χ2v) is 6.61. The smallest absolute Gasteiger partial charge is 0.238 e. The van der Waals surface area contributed by atoms with Crippen LogP contribution in [0.4, 0.5) is 5.69 Å². The lowest BCUT2D eigenvalue weighted by Gasteiger charge is -2.17. The first-order chi connectivity index (χ1) is 11.0. The quantitative estimate of drug-likeness (QED) is 0.481. The highest BCUT2D eigenvalue weighted by atomic mass is 32.2. The number of thioether (sulfide) groups is 1. The fourth-order valence-electron chi connectivity index (χ4n) is 2.17. The number of anilines is 1. The molecule has 0 aliphatic rings. The number of rotatable bonds is 11. The molecular formula is C17H27N3O2S. The van der Waals surface area contributed by atoms with Crippen molar-refractivity contribution in [3.63, 3.8) is 0 Å². The van der Waals surface area contributed by atoms with Crippen LogP contribution >= 0.6 is 11.8 Å². The van der Waals surface area contributed by atoms with Gasteiger partial charge in [0, 0.05) is 4.90 Å². The predicted molar refractivity (Wildman–Crippen MR) is 96.6 cm³/mol. The van der Waals surface area contributed by atoms with Crippen molar-refractivity contribution in [2.75, 3.05) is 31.2 Å². The van der Waals surface area contributed by atoms with Gasteiger partial charge in [-0.05, 0) is 32.1 Å². The van der Waals surface area contributed by atoms with Gasteiger partial charge >= 0.3 is 0 Å². The highest BCUT2D eigenvalue weighted by Crippen LogP contribution is 2.26. The number of nitrogens with two attached hydrogens (primary N) is 1. The largest absolute Gasteiger partial charge is 0.369 e. The number of unbranched alkanes of at least 4 members (excludes halogenated alkanes) is 3. The SMILES string of the molecule is CCCCCCN(C)CC(=O)Nc1ccccc1SCC(N)=O. The van der Waals surface area contributed by atoms with Crippen LogP contribution in [0.2, 0.25) is 0 Å². The van der Waals surface area contributed by atoms with Crippen LogP contribution in [0.1, 0.15) is 32.6 Å². The highest BCUT2D eigenvalue weighted by molar-refractivity contribution is 8.00. The standard InChI is InChI=1S/C17H27N3O2S/c1-3-4-5-8-11-20(2)12-17(22)19-14-9-6-7-10-15(14)23-13-16(18)21/h6-7,9-10H,3-5,8,11-13H2,1-2H3,(H2,18,21)(H,19,22). The third-order valence-electron chi connectivity index (χ3n) is 3.34. The lowest BCUT2D eigenvalue weighted by atomic mass is 10.2. The summed E-state index contributed by atoms with van der Waals surface area (Å²) < 4.78 is 0. The monoisotopic (exact) mass is 337 g/mol. The molecule has 0 bridgehead atoms. The number of hydrogen-bond donors (Lipinski definition) is 2. The molecule has 0 spiro atoms. The predicted octanol–water partition coefficient (Wildman–Crippen LogP) is 2.71. The third kappa shape index (κ3) is 8.62. The van der Waals surface area contributed by atoms with Crippen LogP contribution in [0.5, 0.6) is 0 Å². The van der Waals surface area contributed by atoms with Crippen molar-refractivity contribution in [1.82, 2.24) is 4.90 Å². The van der Waals surface area contributed by atoms with Gasteiger partial charge in [0.2, 0.25) is 11.8 Å². The number of carbonyl (C=O) groups is 2. The zero-order chi connectivity index (χ0) is 17.1. The fourth-order valence-corrected chi connectivity index (χ4v) is 2.91. The van der Waals surface area contributed by atoms with Gasteiger partial charge in [0.1, 0.15) is 0 Å². The summed E-state index contributed by atoms with van der Waals surface area (Å²) in [6.45, 7) is 3.47. The minimum absolute atomic E-state index is 0.0462. The van der Waals surface area contributed by atoms with E-state index in [2.05, 4.69) is 12.2 Å². The van der Waals surface area contributed by atoms with Crippen LogP contribution in [0, 0.1) is 0 Å². The van der Waals surface area contributed by atoms with Crippen molar-refractivity contribution in [2.24, 2.45) is 5.73 Å². The summed E-state index contributed by atoms with van der Waals surface area (Å²) in [6.07, 6.45) is 4.77. The summed E-state index contributed by atoms with van der Waals surface area (Å²) in [5.74, 6) is -0.220. The maximum absolute atomic E-state index is 12.1. The Bertz CT molecular complexity index is 508. The lowest BCUT2D eigenvalue weighted by molar-refractivity contribution is -0.117. The van der Waals surface area contributed by atoms with Crippen LogP contribution in [-0.2, 0) is 9.59 Å². The molecular weight excluding hydrogens is 310 g/mol. The molecule has 0 aromatic heterocycles. The number of primary amides is 1. The first-order valence-corrected chi connectivity index (χ1v) is 9.00. The molecule has 0 aliphatic heterocycles. The summed E-state index contributed by atoms with van der Waals surface area (Å²) in [6, 6.07) is 7.44. The second kappa shape index (κ2) is 11.1. The van der Waals surface area contributed by atoms with E-state index >= 15 is 0 Å². The zero-order valence-electron chi connectivity index (χ0n) is 14.0. The van der Waals surface area contributed by atoms with Gasteiger partial charge < -0.3 is 11.1 Å². The van der Waals surface area contributed by atoms with Gasteiger partial charge in [-0.1, -0.05) is 38.3 Å². The van der Waals surface area contributed by atoms with Crippen LogP contribution in [-0.4, -0.2) is 42.6 Å². The Labute approximate surface area is 143 Å². The van der Waals surface area contributed by atoms with E-state index in [0.717, 1.165) is 23.5 Å². The van der Waals surface area contributed by atoms with Crippen molar-refractivity contribution in [3.8, 4) is 0 Å². The van der Waals surface area contributed by atoms with Crippen molar-refractivity contribution in [3.05, 3.63) is 24.3 Å². The number of benzene rings is 1. The van der Waals surface area contributed by atoms with Gasteiger partial charge in [0.25, 0.3) is 0 Å². The molecule has 3 N–H and O–H groups in total. The van der Waals surface area contributed by atoms with E-state index in [0.29, 0.717) is 6.54 Å². The number of carbonyl (C=O) groups excluding carboxylic acids is 2. The summed E-state index contributed by atoms with van der Waals surface area (Å²) in [5.41, 5.74) is 5.90. The van der Waals surface area contributed by atoms with E-state index in [1.54, 1.807) is 0 Å². The Morgan fingerprint density at radius 1 is 1.22 bits per heavy atom. The van der Waals surface area contributed by atoms with E-state index in [9.17, 15) is 9.59 Å². The van der Waals surface area contributed by atoms with Crippen molar-refractivity contribution in [1.29, 1.82) is 0 Å². The molecule has 1 aromatic rings. The maximum atomic E-state index is 12.1. The molecule has 0 unspecified atom stereocenters. The number of para-hydroxylation sites is 1. The van der Waals surface area contributed by atoms with Crippen molar-refractivity contribution >= 4 is 29.3 Å². The van der Waals surface area contributed by atoms with E-state index < -0.39 is 0 Å². The zero-order valence-corrected chi connectivity index (χ0v) is 14.8. The van der Waals surface area contributed by atoms with E-state index in [1.165, 1.54) is 31.0 Å². The minimum atomic E-state index is -0.372. The van der Waals surface area contributed by atoms with E-state index in [-0.39, 0.29) is 17.6 Å². The Kier molecular flexibility index (Phi) is 9.40. The van der Waals surface area contributed by atoms with Crippen LogP contribution < -0.4 is 11.1 Å². The van der Waals surface area contributed by atoms with Crippen LogP contribution in [0.3, 0.4) is 0 Å². The van der Waals surface area contributed by atoms with Crippen molar-refractivity contribution in [2.45, 2.75) is 37.5 Å². The summed E-state index contributed by atoms with van der Waals surface area (Å²) in [5, 5.41) is 2.91. The number of nitrogens with one attached hydrogen (secondary N) is 1. The average molecular weight is 337 g/mol. The third-order valence-corrected chi connectivity index (χ3v) is 4.43. The minimum Gasteiger partial charge on any atom is -0.369 e. The fraction of sp³-hybridized carbons (Fsp3) is 0.529. The van der Waals surface area contributed by atoms with E-state index in [1.807, 2.05) is 36.2 Å². The molecule has 2 amide bonds. The van der Waals surface area contributed by atoms with Gasteiger partial charge in [0.05, 0.1) is 18.0 Å². The summed E-state index contributed by atoms with van der Waals surface area (Å²) in [7, 11) is 1.96. The molecule has 0 radical (unpaired) electrons. The highest BCUT2D eigenvalue weighted by Gasteiger charge is 2.10. The summed E-state index contributed by atoms with van der Waals surface area (Å²) >= 11 is 1.33. The lowest BCUT2D eigenvalue weighted by Crippen LogP contribution is -2.31. The Morgan fingerprint density at radius 2 is 1.96 bits per heavy atom. The van der Waals surface area contributed by atoms with E-state index in [4.69, 9.17) is 5.73 Å². The average Bonchev–Trinajstić information content (AvgIpc) is 2.50.